The molecule has 2 saturated heterocycles. The quantitative estimate of drug-likeness (QED) is 0.691. The Labute approximate surface area is 206 Å². The summed E-state index contributed by atoms with van der Waals surface area (Å²) in [4.78, 5) is 27.0. The SMILES string of the molecule is CNC(=O)c1nn2c(c1C)CN(c1nc(OCC34CCCN3CCC4)nc3c1COCC3)CCC2. The van der Waals surface area contributed by atoms with Crippen molar-refractivity contribution in [1.82, 2.24) is 30.0 Å². The van der Waals surface area contributed by atoms with Crippen molar-refractivity contribution in [1.29, 1.82) is 0 Å². The summed E-state index contributed by atoms with van der Waals surface area (Å²) < 4.78 is 14.2. The van der Waals surface area contributed by atoms with E-state index in [9.17, 15) is 4.79 Å². The minimum atomic E-state index is -0.148. The molecule has 1 N–H and O–H groups in total. The van der Waals surface area contributed by atoms with Gasteiger partial charge < -0.3 is 19.7 Å². The maximum Gasteiger partial charge on any atom is 0.318 e. The summed E-state index contributed by atoms with van der Waals surface area (Å²) in [5, 5.41) is 7.31. The molecule has 10 nitrogen and oxygen atoms in total. The second kappa shape index (κ2) is 9.05. The molecule has 0 aliphatic carbocycles. The van der Waals surface area contributed by atoms with Crippen LogP contribution in [0.5, 0.6) is 6.01 Å². The number of hydrogen-bond donors (Lipinski definition) is 1. The number of fused-ring (bicyclic) bond motifs is 3. The maximum absolute atomic E-state index is 12.3. The van der Waals surface area contributed by atoms with Gasteiger partial charge in [-0.3, -0.25) is 14.4 Å². The molecule has 2 fully saturated rings. The van der Waals surface area contributed by atoms with Gasteiger partial charge in [-0.1, -0.05) is 0 Å². The number of hydrogen-bond acceptors (Lipinski definition) is 8. The zero-order valence-electron chi connectivity index (χ0n) is 20.8. The Morgan fingerprint density at radius 1 is 1.14 bits per heavy atom. The van der Waals surface area contributed by atoms with Gasteiger partial charge in [-0.05, 0) is 52.1 Å². The number of ether oxygens (including phenoxy) is 2. The largest absolute Gasteiger partial charge is 0.461 e. The van der Waals surface area contributed by atoms with Crippen LogP contribution in [0.1, 0.15) is 65.1 Å². The molecule has 6 heterocycles. The first-order chi connectivity index (χ1) is 17.1. The molecule has 0 spiro atoms. The van der Waals surface area contributed by atoms with Gasteiger partial charge in [0, 0.05) is 37.7 Å². The molecule has 4 aliphatic heterocycles. The topological polar surface area (TPSA) is 97.6 Å². The lowest BCUT2D eigenvalue weighted by atomic mass is 9.95. The fourth-order valence-corrected chi connectivity index (χ4v) is 6.34. The molecule has 6 rings (SSSR count). The van der Waals surface area contributed by atoms with Crippen LogP contribution < -0.4 is 15.0 Å². The van der Waals surface area contributed by atoms with Crippen molar-refractivity contribution in [2.24, 2.45) is 0 Å². The fourth-order valence-electron chi connectivity index (χ4n) is 6.34. The zero-order valence-corrected chi connectivity index (χ0v) is 20.8. The van der Waals surface area contributed by atoms with E-state index in [1.54, 1.807) is 7.05 Å². The average molecular weight is 482 g/mol. The summed E-state index contributed by atoms with van der Waals surface area (Å²) in [6, 6.07) is 0.481. The highest BCUT2D eigenvalue weighted by Crippen LogP contribution is 2.39. The molecule has 0 atom stereocenters. The predicted octanol–water partition coefficient (Wildman–Crippen LogP) is 1.83. The Balaban J connectivity index is 1.31. The van der Waals surface area contributed by atoms with Crippen molar-refractivity contribution in [3.63, 3.8) is 0 Å². The summed E-state index contributed by atoms with van der Waals surface area (Å²) in [7, 11) is 1.64. The molecule has 2 aromatic heterocycles. The number of rotatable bonds is 5. The van der Waals surface area contributed by atoms with Crippen molar-refractivity contribution < 1.29 is 14.3 Å². The zero-order chi connectivity index (χ0) is 24.0. The smallest absolute Gasteiger partial charge is 0.318 e. The highest BCUT2D eigenvalue weighted by atomic mass is 16.5. The third-order valence-corrected chi connectivity index (χ3v) is 8.26. The van der Waals surface area contributed by atoms with E-state index in [1.165, 1.54) is 38.8 Å². The van der Waals surface area contributed by atoms with Gasteiger partial charge in [-0.25, -0.2) is 0 Å². The maximum atomic E-state index is 12.3. The van der Waals surface area contributed by atoms with Gasteiger partial charge in [0.05, 0.1) is 36.7 Å². The minimum Gasteiger partial charge on any atom is -0.461 e. The monoisotopic (exact) mass is 481 g/mol. The number of aromatic nitrogens is 4. The van der Waals surface area contributed by atoms with Crippen molar-refractivity contribution in [2.45, 2.75) is 70.7 Å². The molecular weight excluding hydrogens is 446 g/mol. The standard InChI is InChI=1S/C25H35N7O3/c1-17-20-14-30(9-5-12-32(20)29-21(17)23(33)26-2)22-18-15-34-13-6-19(18)27-24(28-22)35-16-25-7-3-10-31(25)11-4-8-25/h3-16H2,1-2H3,(H,26,33). The average Bonchev–Trinajstić information content (AvgIpc) is 3.49. The van der Waals surface area contributed by atoms with Gasteiger partial charge in [-0.15, -0.1) is 0 Å². The molecule has 188 valence electrons. The number of anilines is 1. The molecular formula is C25H35N7O3. The summed E-state index contributed by atoms with van der Waals surface area (Å²) in [6.45, 7) is 8.43. The highest BCUT2D eigenvalue weighted by molar-refractivity contribution is 5.93. The Bertz CT molecular complexity index is 1120. The number of carbonyl (C=O) groups excluding carboxylic acids is 1. The molecule has 0 unspecified atom stereocenters. The molecule has 1 amide bonds. The molecule has 0 radical (unpaired) electrons. The second-order valence-corrected chi connectivity index (χ2v) is 10.3. The Kier molecular flexibility index (Phi) is 5.88. The molecule has 0 bridgehead atoms. The molecule has 4 aliphatic rings. The first-order valence-electron chi connectivity index (χ1n) is 13.0. The molecule has 0 aromatic carbocycles. The van der Waals surface area contributed by atoms with E-state index < -0.39 is 0 Å². The van der Waals surface area contributed by atoms with E-state index >= 15 is 0 Å². The van der Waals surface area contributed by atoms with Crippen molar-refractivity contribution in [3.05, 3.63) is 28.2 Å². The van der Waals surface area contributed by atoms with Crippen LogP contribution in [0.4, 0.5) is 5.82 Å². The Hall–Kier alpha value is -2.72. The second-order valence-electron chi connectivity index (χ2n) is 10.3. The van der Waals surface area contributed by atoms with Crippen molar-refractivity contribution >= 4 is 11.7 Å². The van der Waals surface area contributed by atoms with E-state index in [2.05, 4.69) is 20.2 Å². The van der Waals surface area contributed by atoms with E-state index in [1.807, 2.05) is 11.6 Å². The lowest BCUT2D eigenvalue weighted by molar-refractivity contribution is 0.0956. The third kappa shape index (κ3) is 3.96. The fraction of sp³-hybridized carbons (Fsp3) is 0.680. The molecule has 10 heteroatoms. The normalized spacial score (nSPS) is 21.3. The van der Waals surface area contributed by atoms with E-state index in [-0.39, 0.29) is 11.4 Å². The van der Waals surface area contributed by atoms with Crippen LogP contribution in [0.25, 0.3) is 0 Å². The van der Waals surface area contributed by atoms with Gasteiger partial charge in [0.15, 0.2) is 5.69 Å². The van der Waals surface area contributed by atoms with Gasteiger partial charge in [-0.2, -0.15) is 15.1 Å². The van der Waals surface area contributed by atoms with E-state index in [4.69, 9.17) is 19.4 Å². The summed E-state index contributed by atoms with van der Waals surface area (Å²) in [5.74, 6) is 0.748. The number of amides is 1. The highest BCUT2D eigenvalue weighted by Gasteiger charge is 2.45. The van der Waals surface area contributed by atoms with Crippen LogP contribution in [-0.4, -0.2) is 76.0 Å². The molecule has 0 saturated carbocycles. The van der Waals surface area contributed by atoms with Crippen molar-refractivity contribution in [3.8, 4) is 6.01 Å². The Morgan fingerprint density at radius 2 is 1.97 bits per heavy atom. The summed E-state index contributed by atoms with van der Waals surface area (Å²) in [6.07, 6.45) is 6.56. The third-order valence-electron chi connectivity index (χ3n) is 8.26. The lowest BCUT2D eigenvalue weighted by Gasteiger charge is -2.32. The van der Waals surface area contributed by atoms with Crippen LogP contribution in [-0.2, 0) is 30.9 Å². The summed E-state index contributed by atoms with van der Waals surface area (Å²) >= 11 is 0. The molecule has 35 heavy (non-hydrogen) atoms. The van der Waals surface area contributed by atoms with Gasteiger partial charge in [0.25, 0.3) is 5.91 Å². The van der Waals surface area contributed by atoms with Crippen LogP contribution in [0.3, 0.4) is 0 Å². The number of carbonyl (C=O) groups is 1. The number of nitrogens with zero attached hydrogens (tertiary/aromatic N) is 6. The predicted molar refractivity (Wildman–Crippen MR) is 130 cm³/mol. The molecule has 2 aromatic rings. The Morgan fingerprint density at radius 3 is 2.77 bits per heavy atom. The lowest BCUT2D eigenvalue weighted by Crippen LogP contribution is -2.43. The van der Waals surface area contributed by atoms with Gasteiger partial charge >= 0.3 is 6.01 Å². The van der Waals surface area contributed by atoms with E-state index in [0.717, 1.165) is 54.3 Å². The summed E-state index contributed by atoms with van der Waals surface area (Å²) in [5.41, 5.74) is 4.72. The first kappa shape index (κ1) is 22.7. The van der Waals surface area contributed by atoms with Crippen LogP contribution in [0.15, 0.2) is 0 Å². The van der Waals surface area contributed by atoms with Gasteiger partial charge in [0.2, 0.25) is 0 Å². The number of nitrogens with one attached hydrogen (secondary N) is 1. The first-order valence-corrected chi connectivity index (χ1v) is 13.0. The minimum absolute atomic E-state index is 0.148. The van der Waals surface area contributed by atoms with Crippen LogP contribution in [0.2, 0.25) is 0 Å². The van der Waals surface area contributed by atoms with Gasteiger partial charge in [0.1, 0.15) is 12.4 Å². The van der Waals surface area contributed by atoms with Crippen LogP contribution in [0, 0.1) is 6.92 Å². The van der Waals surface area contributed by atoms with Crippen LogP contribution >= 0.6 is 0 Å². The van der Waals surface area contributed by atoms with E-state index in [0.29, 0.717) is 38.1 Å². The number of aryl methyl sites for hydroxylation is 1. The van der Waals surface area contributed by atoms with Crippen molar-refractivity contribution in [2.75, 3.05) is 44.8 Å².